The molecule has 174 valence electrons. The van der Waals surface area contributed by atoms with E-state index in [-0.39, 0.29) is 22.8 Å². The average Bonchev–Trinajstić information content (AvgIpc) is 3.08. The molecule has 1 amide bonds. The van der Waals surface area contributed by atoms with Crippen molar-refractivity contribution in [3.8, 4) is 0 Å². The number of aliphatic hydroxyl groups excluding tert-OH is 1. The number of Topliss-reactive ketones (excluding diaryl/α,β-unsaturated/α-hetero) is 1. The van der Waals surface area contributed by atoms with Crippen LogP contribution in [-0.2, 0) is 26.0 Å². The number of primary sulfonamides is 1. The lowest BCUT2D eigenvalue weighted by Crippen LogP contribution is -2.31. The van der Waals surface area contributed by atoms with Crippen molar-refractivity contribution in [2.45, 2.75) is 17.4 Å². The van der Waals surface area contributed by atoms with Crippen LogP contribution < -0.4 is 5.14 Å². The number of hydrogen-bond donors (Lipinski definition) is 2. The molecular weight excluding hydrogens is 520 g/mol. The number of aliphatic hydroxyl groups is 1. The van der Waals surface area contributed by atoms with E-state index in [1.54, 1.807) is 60.7 Å². The summed E-state index contributed by atoms with van der Waals surface area (Å²) in [5.74, 6) is -1.69. The van der Waals surface area contributed by atoms with Crippen LogP contribution in [0, 0.1) is 0 Å². The van der Waals surface area contributed by atoms with E-state index in [1.165, 1.54) is 17.0 Å². The summed E-state index contributed by atoms with van der Waals surface area (Å²) in [5.41, 5.74) is 1.93. The van der Waals surface area contributed by atoms with Crippen LogP contribution >= 0.6 is 15.9 Å². The third-order valence-electron chi connectivity index (χ3n) is 5.67. The quantitative estimate of drug-likeness (QED) is 0.280. The van der Waals surface area contributed by atoms with Gasteiger partial charge in [0.2, 0.25) is 10.0 Å². The molecule has 1 aliphatic heterocycles. The maximum absolute atomic E-state index is 13.0. The molecule has 7 nitrogen and oxygen atoms in total. The summed E-state index contributed by atoms with van der Waals surface area (Å²) in [4.78, 5) is 27.5. The molecule has 3 aromatic rings. The van der Waals surface area contributed by atoms with Gasteiger partial charge in [0.25, 0.3) is 11.7 Å². The van der Waals surface area contributed by atoms with Gasteiger partial charge in [0.05, 0.1) is 16.5 Å². The van der Waals surface area contributed by atoms with Gasteiger partial charge in [-0.3, -0.25) is 9.59 Å². The first kappa shape index (κ1) is 23.9. The van der Waals surface area contributed by atoms with Crippen molar-refractivity contribution in [3.05, 3.63) is 106 Å². The SMILES string of the molecule is NS(=O)(=O)c1ccc(CCN2C(=O)C(=O)C(=C(O)c3ccc(Br)cc3)[C@@H]2c2ccccc2)cc1. The Hall–Kier alpha value is -3.27. The predicted molar refractivity (Wildman–Crippen MR) is 131 cm³/mol. The summed E-state index contributed by atoms with van der Waals surface area (Å²) in [6.45, 7) is 0.190. The van der Waals surface area contributed by atoms with Crippen LogP contribution in [-0.4, -0.2) is 36.7 Å². The second kappa shape index (κ2) is 9.54. The largest absolute Gasteiger partial charge is 0.507 e. The maximum atomic E-state index is 13.0. The second-order valence-corrected chi connectivity index (χ2v) is 10.3. The lowest BCUT2D eigenvalue weighted by molar-refractivity contribution is -0.139. The van der Waals surface area contributed by atoms with Gasteiger partial charge in [-0.05, 0) is 41.8 Å². The molecule has 0 radical (unpaired) electrons. The summed E-state index contributed by atoms with van der Waals surface area (Å²) in [6, 6.07) is 21.2. The number of rotatable bonds is 6. The third kappa shape index (κ3) is 4.82. The highest BCUT2D eigenvalue weighted by Crippen LogP contribution is 2.39. The Morgan fingerprint density at radius 1 is 0.941 bits per heavy atom. The molecular formula is C25H21BrN2O5S. The molecule has 4 rings (SSSR count). The van der Waals surface area contributed by atoms with E-state index in [2.05, 4.69) is 15.9 Å². The molecule has 0 saturated carbocycles. The summed E-state index contributed by atoms with van der Waals surface area (Å²) >= 11 is 3.35. The Balaban J connectivity index is 1.70. The first-order valence-electron chi connectivity index (χ1n) is 10.4. The van der Waals surface area contributed by atoms with Crippen molar-refractivity contribution in [1.29, 1.82) is 0 Å². The number of halogens is 1. The Labute approximate surface area is 205 Å². The van der Waals surface area contributed by atoms with Gasteiger partial charge in [-0.2, -0.15) is 0 Å². The molecule has 0 aliphatic carbocycles. The number of sulfonamides is 1. The van der Waals surface area contributed by atoms with Crippen LogP contribution in [0.25, 0.3) is 5.76 Å². The molecule has 1 atom stereocenters. The summed E-state index contributed by atoms with van der Waals surface area (Å²) in [6.07, 6.45) is 0.375. The number of amides is 1. The Morgan fingerprint density at radius 3 is 2.15 bits per heavy atom. The number of likely N-dealkylation sites (tertiary alicyclic amines) is 1. The fourth-order valence-corrected chi connectivity index (χ4v) is 4.73. The molecule has 0 unspecified atom stereocenters. The molecule has 1 heterocycles. The minimum Gasteiger partial charge on any atom is -0.507 e. The van der Waals surface area contributed by atoms with Crippen LogP contribution in [0.3, 0.4) is 0 Å². The Kier molecular flexibility index (Phi) is 6.70. The van der Waals surface area contributed by atoms with Crippen molar-refractivity contribution >= 4 is 43.4 Å². The van der Waals surface area contributed by atoms with Crippen molar-refractivity contribution < 1.29 is 23.1 Å². The van der Waals surface area contributed by atoms with E-state index in [0.29, 0.717) is 17.5 Å². The van der Waals surface area contributed by atoms with Crippen LogP contribution in [0.5, 0.6) is 0 Å². The van der Waals surface area contributed by atoms with Crippen molar-refractivity contribution in [2.24, 2.45) is 5.14 Å². The van der Waals surface area contributed by atoms with Gasteiger partial charge >= 0.3 is 0 Å². The van der Waals surface area contributed by atoms with Crippen LogP contribution in [0.1, 0.15) is 22.7 Å². The predicted octanol–water partition coefficient (Wildman–Crippen LogP) is 3.76. The molecule has 34 heavy (non-hydrogen) atoms. The van der Waals surface area contributed by atoms with Gasteiger partial charge < -0.3 is 10.0 Å². The summed E-state index contributed by atoms with van der Waals surface area (Å²) < 4.78 is 23.8. The summed E-state index contributed by atoms with van der Waals surface area (Å²) in [7, 11) is -3.80. The number of nitrogens with two attached hydrogens (primary N) is 1. The van der Waals surface area contributed by atoms with Crippen molar-refractivity contribution in [3.63, 3.8) is 0 Å². The van der Waals surface area contributed by atoms with Gasteiger partial charge in [0.15, 0.2) is 0 Å². The standard InChI is InChI=1S/C25H21BrN2O5S/c26-19-10-8-18(9-11-19)23(29)21-22(17-4-2-1-3-5-17)28(25(31)24(21)30)15-14-16-6-12-20(13-7-16)34(27,32)33/h1-13,22,29H,14-15H2,(H2,27,32,33)/t22-/m0/s1. The zero-order valence-corrected chi connectivity index (χ0v) is 20.3. The van der Waals surface area contributed by atoms with Crippen LogP contribution in [0.2, 0.25) is 0 Å². The lowest BCUT2D eigenvalue weighted by atomic mass is 9.95. The van der Waals surface area contributed by atoms with Crippen molar-refractivity contribution in [2.75, 3.05) is 6.54 Å². The second-order valence-electron chi connectivity index (χ2n) is 7.85. The zero-order chi connectivity index (χ0) is 24.5. The molecule has 0 bridgehead atoms. The van der Waals surface area contributed by atoms with E-state index in [9.17, 15) is 23.1 Å². The fourth-order valence-electron chi connectivity index (χ4n) is 3.95. The van der Waals surface area contributed by atoms with E-state index in [4.69, 9.17) is 5.14 Å². The highest BCUT2D eigenvalue weighted by atomic mass is 79.9. The first-order chi connectivity index (χ1) is 16.2. The van der Waals surface area contributed by atoms with E-state index in [1.807, 2.05) is 6.07 Å². The van der Waals surface area contributed by atoms with E-state index < -0.39 is 27.8 Å². The van der Waals surface area contributed by atoms with Gasteiger partial charge in [-0.1, -0.05) is 70.5 Å². The smallest absolute Gasteiger partial charge is 0.295 e. The number of ketones is 1. The van der Waals surface area contributed by atoms with Gasteiger partial charge in [-0.25, -0.2) is 13.6 Å². The number of carbonyl (C=O) groups excluding carboxylic acids is 2. The zero-order valence-electron chi connectivity index (χ0n) is 17.9. The Morgan fingerprint density at radius 2 is 1.56 bits per heavy atom. The molecule has 1 saturated heterocycles. The van der Waals surface area contributed by atoms with Gasteiger partial charge in [0, 0.05) is 16.6 Å². The summed E-state index contributed by atoms with van der Waals surface area (Å²) in [5, 5.41) is 16.2. The lowest BCUT2D eigenvalue weighted by Gasteiger charge is -2.25. The fraction of sp³-hybridized carbons (Fsp3) is 0.120. The van der Waals surface area contributed by atoms with Gasteiger partial charge in [-0.15, -0.1) is 0 Å². The maximum Gasteiger partial charge on any atom is 0.295 e. The highest BCUT2D eigenvalue weighted by Gasteiger charge is 2.45. The first-order valence-corrected chi connectivity index (χ1v) is 12.7. The minimum absolute atomic E-state index is 0.00419. The number of carbonyl (C=O) groups is 2. The number of hydrogen-bond acceptors (Lipinski definition) is 5. The molecule has 0 aromatic heterocycles. The molecule has 1 aliphatic rings. The molecule has 0 spiro atoms. The van der Waals surface area contributed by atoms with Gasteiger partial charge in [0.1, 0.15) is 5.76 Å². The number of benzene rings is 3. The normalized spacial score (nSPS) is 17.8. The monoisotopic (exact) mass is 540 g/mol. The average molecular weight is 541 g/mol. The molecule has 1 fully saturated rings. The molecule has 9 heteroatoms. The Bertz CT molecular complexity index is 1370. The van der Waals surface area contributed by atoms with Crippen molar-refractivity contribution in [1.82, 2.24) is 4.90 Å². The highest BCUT2D eigenvalue weighted by molar-refractivity contribution is 9.10. The van der Waals surface area contributed by atoms with Crippen LogP contribution in [0.4, 0.5) is 0 Å². The van der Waals surface area contributed by atoms with Crippen LogP contribution in [0.15, 0.2) is 93.8 Å². The number of nitrogens with zero attached hydrogens (tertiary/aromatic N) is 1. The minimum atomic E-state index is -3.80. The van der Waals surface area contributed by atoms with E-state index >= 15 is 0 Å². The topological polar surface area (TPSA) is 118 Å². The van der Waals surface area contributed by atoms with E-state index in [0.717, 1.165) is 10.0 Å². The third-order valence-corrected chi connectivity index (χ3v) is 7.12. The molecule has 3 N–H and O–H groups in total. The molecule has 3 aromatic carbocycles.